The van der Waals surface area contributed by atoms with E-state index < -0.39 is 0 Å². The van der Waals surface area contributed by atoms with Gasteiger partial charge in [-0.15, -0.1) is 0 Å². The molecule has 0 spiro atoms. The Morgan fingerprint density at radius 2 is 2.05 bits per heavy atom. The second-order valence-electron chi connectivity index (χ2n) is 5.85. The van der Waals surface area contributed by atoms with Crippen LogP contribution in [0, 0.1) is 11.8 Å². The maximum absolute atomic E-state index is 11.3. The average Bonchev–Trinajstić information content (AvgIpc) is 2.44. The molecule has 0 bridgehead atoms. The summed E-state index contributed by atoms with van der Waals surface area (Å²) >= 11 is 3.52. The number of benzene rings is 1. The van der Waals surface area contributed by atoms with Gasteiger partial charge in [-0.1, -0.05) is 48.8 Å². The normalized spacial score (nSPS) is 32.7. The first-order valence-electron chi connectivity index (χ1n) is 7.52. The van der Waals surface area contributed by atoms with Crippen molar-refractivity contribution in [2.75, 3.05) is 0 Å². The van der Waals surface area contributed by atoms with Crippen LogP contribution in [0.3, 0.4) is 0 Å². The highest BCUT2D eigenvalue weighted by Gasteiger charge is 2.43. The number of ether oxygens (including phenoxy) is 2. The van der Waals surface area contributed by atoms with E-state index in [0.717, 1.165) is 10.9 Å². The van der Waals surface area contributed by atoms with Crippen LogP contribution in [0.2, 0.25) is 0 Å². The molecule has 1 aliphatic heterocycles. The standard InChI is InChI=1S/C17H23BrO3/c1-5-15-17(20-12(4)19)11(3)10(2)16(21-15)13-7-6-8-14(18)9-13/h6-11,15-17H,5H2,1-4H3/t10-,11+,15+,16?,17-/m0/s1. The van der Waals surface area contributed by atoms with Crippen LogP contribution in [0.25, 0.3) is 0 Å². The summed E-state index contributed by atoms with van der Waals surface area (Å²) in [5.74, 6) is 0.310. The van der Waals surface area contributed by atoms with Gasteiger partial charge in [0.25, 0.3) is 0 Å². The molecule has 0 radical (unpaired) electrons. The molecule has 0 N–H and O–H groups in total. The lowest BCUT2D eigenvalue weighted by molar-refractivity contribution is -0.196. The lowest BCUT2D eigenvalue weighted by Gasteiger charge is -2.44. The van der Waals surface area contributed by atoms with E-state index in [4.69, 9.17) is 9.47 Å². The molecule has 2 rings (SSSR count). The van der Waals surface area contributed by atoms with Gasteiger partial charge in [0.15, 0.2) is 0 Å². The van der Waals surface area contributed by atoms with Crippen LogP contribution >= 0.6 is 15.9 Å². The van der Waals surface area contributed by atoms with Crippen LogP contribution in [0.1, 0.15) is 45.8 Å². The van der Waals surface area contributed by atoms with Gasteiger partial charge >= 0.3 is 5.97 Å². The van der Waals surface area contributed by atoms with Crippen molar-refractivity contribution in [1.82, 2.24) is 0 Å². The van der Waals surface area contributed by atoms with Crippen molar-refractivity contribution in [2.24, 2.45) is 11.8 Å². The van der Waals surface area contributed by atoms with E-state index in [1.54, 1.807) is 0 Å². The van der Waals surface area contributed by atoms with Crippen LogP contribution in [0.4, 0.5) is 0 Å². The predicted molar refractivity (Wildman–Crippen MR) is 85.9 cm³/mol. The minimum atomic E-state index is -0.234. The Hall–Kier alpha value is -0.870. The Kier molecular flexibility index (Phi) is 5.44. The zero-order chi connectivity index (χ0) is 15.6. The molecular weight excluding hydrogens is 332 g/mol. The van der Waals surface area contributed by atoms with Gasteiger partial charge in [-0.25, -0.2) is 0 Å². The van der Waals surface area contributed by atoms with E-state index in [-0.39, 0.29) is 36.1 Å². The molecule has 1 heterocycles. The van der Waals surface area contributed by atoms with E-state index in [2.05, 4.69) is 48.8 Å². The van der Waals surface area contributed by atoms with Gasteiger partial charge in [-0.05, 0) is 30.0 Å². The minimum Gasteiger partial charge on any atom is -0.459 e. The average molecular weight is 355 g/mol. The Morgan fingerprint density at radius 3 is 2.62 bits per heavy atom. The minimum absolute atomic E-state index is 0.0364. The van der Waals surface area contributed by atoms with E-state index in [9.17, 15) is 4.79 Å². The molecule has 1 aromatic rings. The molecule has 4 heteroatoms. The number of carbonyl (C=O) groups excluding carboxylic acids is 1. The quantitative estimate of drug-likeness (QED) is 0.749. The third-order valence-corrected chi connectivity index (χ3v) is 4.89. The summed E-state index contributed by atoms with van der Waals surface area (Å²) in [5, 5.41) is 0. The molecule has 0 aromatic heterocycles. The molecule has 0 amide bonds. The third-order valence-electron chi connectivity index (χ3n) is 4.39. The third kappa shape index (κ3) is 3.67. The Bertz CT molecular complexity index is 501. The predicted octanol–water partition coefficient (Wildman–Crippen LogP) is 4.50. The van der Waals surface area contributed by atoms with Crippen molar-refractivity contribution in [2.45, 2.75) is 52.4 Å². The van der Waals surface area contributed by atoms with E-state index >= 15 is 0 Å². The summed E-state index contributed by atoms with van der Waals surface area (Å²) in [6.45, 7) is 7.85. The van der Waals surface area contributed by atoms with E-state index in [1.165, 1.54) is 12.5 Å². The van der Waals surface area contributed by atoms with Gasteiger partial charge < -0.3 is 9.47 Å². The van der Waals surface area contributed by atoms with Crippen LogP contribution in [0.5, 0.6) is 0 Å². The van der Waals surface area contributed by atoms with Gasteiger partial charge in [-0.3, -0.25) is 4.79 Å². The summed E-state index contributed by atoms with van der Waals surface area (Å²) < 4.78 is 12.8. The topological polar surface area (TPSA) is 35.5 Å². The molecule has 1 saturated heterocycles. The maximum atomic E-state index is 11.3. The number of rotatable bonds is 3. The SMILES string of the molecule is CC[C@H]1OC(c2cccc(Br)c2)[C@@H](C)[C@@H](C)[C@@H]1OC(C)=O. The molecule has 116 valence electrons. The van der Waals surface area contributed by atoms with Crippen molar-refractivity contribution in [1.29, 1.82) is 0 Å². The van der Waals surface area contributed by atoms with Gasteiger partial charge in [0.2, 0.25) is 0 Å². The number of halogens is 1. The van der Waals surface area contributed by atoms with Crippen molar-refractivity contribution in [3.05, 3.63) is 34.3 Å². The lowest BCUT2D eigenvalue weighted by Crippen LogP contribution is -2.47. The molecule has 1 aromatic carbocycles. The fourth-order valence-corrected chi connectivity index (χ4v) is 3.49. The second kappa shape index (κ2) is 6.93. The fourth-order valence-electron chi connectivity index (χ4n) is 3.07. The number of esters is 1. The first-order chi connectivity index (χ1) is 9.93. The fraction of sp³-hybridized carbons (Fsp3) is 0.588. The monoisotopic (exact) mass is 354 g/mol. The zero-order valence-corrected chi connectivity index (χ0v) is 14.6. The van der Waals surface area contributed by atoms with Crippen LogP contribution in [0.15, 0.2) is 28.7 Å². The summed E-state index contributed by atoms with van der Waals surface area (Å²) in [6.07, 6.45) is 0.656. The molecule has 1 fully saturated rings. The smallest absolute Gasteiger partial charge is 0.303 e. The summed E-state index contributed by atoms with van der Waals surface area (Å²) in [6, 6.07) is 8.24. The van der Waals surface area contributed by atoms with E-state index in [0.29, 0.717) is 0 Å². The lowest BCUT2D eigenvalue weighted by atomic mass is 9.78. The Morgan fingerprint density at radius 1 is 1.33 bits per heavy atom. The molecular formula is C17H23BrO3. The van der Waals surface area contributed by atoms with Crippen molar-refractivity contribution in [3.63, 3.8) is 0 Å². The highest BCUT2D eigenvalue weighted by atomic mass is 79.9. The Labute approximate surface area is 135 Å². The van der Waals surface area contributed by atoms with Crippen molar-refractivity contribution in [3.8, 4) is 0 Å². The summed E-state index contributed by atoms with van der Waals surface area (Å²) in [7, 11) is 0. The molecule has 1 aliphatic rings. The first kappa shape index (κ1) is 16.5. The molecule has 5 atom stereocenters. The molecule has 3 nitrogen and oxygen atoms in total. The largest absolute Gasteiger partial charge is 0.459 e. The molecule has 21 heavy (non-hydrogen) atoms. The number of carbonyl (C=O) groups is 1. The Balaban J connectivity index is 2.25. The van der Waals surface area contributed by atoms with Gasteiger partial charge in [0.05, 0.1) is 12.2 Å². The second-order valence-corrected chi connectivity index (χ2v) is 6.77. The van der Waals surface area contributed by atoms with Gasteiger partial charge in [-0.2, -0.15) is 0 Å². The van der Waals surface area contributed by atoms with Gasteiger partial charge in [0.1, 0.15) is 6.10 Å². The summed E-state index contributed by atoms with van der Waals surface area (Å²) in [5.41, 5.74) is 1.17. The maximum Gasteiger partial charge on any atom is 0.303 e. The highest BCUT2D eigenvalue weighted by molar-refractivity contribution is 9.10. The molecule has 1 unspecified atom stereocenters. The molecule has 0 saturated carbocycles. The number of hydrogen-bond donors (Lipinski definition) is 0. The number of hydrogen-bond acceptors (Lipinski definition) is 3. The van der Waals surface area contributed by atoms with Crippen LogP contribution in [-0.4, -0.2) is 18.2 Å². The van der Waals surface area contributed by atoms with E-state index in [1.807, 2.05) is 12.1 Å². The van der Waals surface area contributed by atoms with Crippen molar-refractivity contribution >= 4 is 21.9 Å². The van der Waals surface area contributed by atoms with Gasteiger partial charge in [0, 0.05) is 17.3 Å². The van der Waals surface area contributed by atoms with Crippen LogP contribution < -0.4 is 0 Å². The first-order valence-corrected chi connectivity index (χ1v) is 8.31. The summed E-state index contributed by atoms with van der Waals surface area (Å²) in [4.78, 5) is 11.3. The van der Waals surface area contributed by atoms with Crippen LogP contribution in [-0.2, 0) is 14.3 Å². The van der Waals surface area contributed by atoms with Crippen molar-refractivity contribution < 1.29 is 14.3 Å². The highest BCUT2D eigenvalue weighted by Crippen LogP contribution is 2.42. The molecule has 0 aliphatic carbocycles. The zero-order valence-electron chi connectivity index (χ0n) is 13.0.